The van der Waals surface area contributed by atoms with E-state index in [2.05, 4.69) is 10.3 Å². The van der Waals surface area contributed by atoms with E-state index in [-0.39, 0.29) is 41.7 Å². The van der Waals surface area contributed by atoms with Crippen LogP contribution >= 0.6 is 11.6 Å². The van der Waals surface area contributed by atoms with Crippen molar-refractivity contribution < 1.29 is 40.3 Å². The number of hydrogen-bond acceptors (Lipinski definition) is 4. The Morgan fingerprint density at radius 3 is 2.51 bits per heavy atom. The first kappa shape index (κ1) is 28.6. The molecule has 1 heterocycles. The third kappa shape index (κ3) is 6.41. The topological polar surface area (TPSA) is 84.1 Å². The third-order valence-corrected chi connectivity index (χ3v) is 6.47. The Kier molecular flexibility index (Phi) is 8.31. The van der Waals surface area contributed by atoms with Gasteiger partial charge in [-0.05, 0) is 25.0 Å². The number of carbonyl (C=O) groups is 1. The molecular weight excluding hydrogens is 559 g/mol. The van der Waals surface area contributed by atoms with Crippen LogP contribution in [0.15, 0.2) is 41.2 Å². The first-order valence-electron chi connectivity index (χ1n) is 11.5. The number of nitrogens with zero attached hydrogens (tertiary/aromatic N) is 1. The Balaban J connectivity index is 1.44. The number of nitrogens with one attached hydrogen (secondary N) is 2. The molecular formula is C25H19ClF7N3O3. The molecule has 0 saturated heterocycles. The van der Waals surface area contributed by atoms with Crippen LogP contribution in [-0.2, 0) is 28.9 Å². The predicted octanol–water partition coefficient (Wildman–Crippen LogP) is 5.94. The number of alkyl halides is 5. The van der Waals surface area contributed by atoms with Crippen LogP contribution in [0.25, 0.3) is 11.4 Å². The van der Waals surface area contributed by atoms with Crippen LogP contribution in [0.2, 0.25) is 5.02 Å². The lowest BCUT2D eigenvalue weighted by atomic mass is 9.81. The molecule has 1 saturated carbocycles. The highest BCUT2D eigenvalue weighted by Gasteiger charge is 2.38. The summed E-state index contributed by atoms with van der Waals surface area (Å²) < 4.78 is 102. The van der Waals surface area contributed by atoms with Crippen LogP contribution in [-0.4, -0.2) is 22.0 Å². The van der Waals surface area contributed by atoms with Gasteiger partial charge in [-0.25, -0.2) is 22.5 Å². The maximum atomic E-state index is 15.3. The SMILES string of the molecule is O=C(NCc1ccc(C(F)(F)F)c(-c2nc(C(F)F)cc(=O)[nH]2)c1F)C1CC(OCc2cccc(Cl)c2F)C1. The highest BCUT2D eigenvalue weighted by molar-refractivity contribution is 6.30. The van der Waals surface area contributed by atoms with E-state index in [1.807, 2.05) is 4.98 Å². The molecule has 14 heteroatoms. The minimum atomic E-state index is -5.10. The van der Waals surface area contributed by atoms with Gasteiger partial charge >= 0.3 is 6.18 Å². The number of carbonyl (C=O) groups excluding carboxylic acids is 1. The minimum absolute atomic E-state index is 0.0514. The smallest absolute Gasteiger partial charge is 0.373 e. The second-order valence-corrected chi connectivity index (χ2v) is 9.22. The Bertz CT molecular complexity index is 1440. The number of hydrogen-bond donors (Lipinski definition) is 2. The fourth-order valence-electron chi connectivity index (χ4n) is 4.04. The second kappa shape index (κ2) is 11.3. The van der Waals surface area contributed by atoms with Gasteiger partial charge in [0.1, 0.15) is 23.2 Å². The number of halogens is 8. The zero-order chi connectivity index (χ0) is 28.5. The molecule has 3 aromatic rings. The molecule has 0 spiro atoms. The van der Waals surface area contributed by atoms with Gasteiger partial charge in [-0.3, -0.25) is 9.59 Å². The van der Waals surface area contributed by atoms with Crippen molar-refractivity contribution in [3.8, 4) is 11.4 Å². The molecule has 0 unspecified atom stereocenters. The van der Waals surface area contributed by atoms with E-state index in [1.165, 1.54) is 12.1 Å². The van der Waals surface area contributed by atoms with Crippen molar-refractivity contribution in [3.63, 3.8) is 0 Å². The number of benzene rings is 2. The Hall–Kier alpha value is -3.45. The quantitative estimate of drug-likeness (QED) is 0.325. The zero-order valence-electron chi connectivity index (χ0n) is 19.7. The van der Waals surface area contributed by atoms with E-state index in [9.17, 15) is 35.9 Å². The molecule has 6 nitrogen and oxygen atoms in total. The van der Waals surface area contributed by atoms with Gasteiger partial charge < -0.3 is 15.0 Å². The lowest BCUT2D eigenvalue weighted by Crippen LogP contribution is -2.42. The van der Waals surface area contributed by atoms with Crippen molar-refractivity contribution in [3.05, 3.63) is 85.8 Å². The standard InChI is InChI=1S/C25H19ClF7N3O3/c26-16-3-1-2-12(20(16)27)10-39-14-6-13(7-14)24(38)34-9-11-4-5-15(25(31,32)33)19(21(11)28)23-35-17(22(29)30)8-18(37)36-23/h1-5,8,13-14,22H,6-7,9-10H2,(H,34,38)(H,35,36,37). The Morgan fingerprint density at radius 1 is 1.13 bits per heavy atom. The Labute approximate surface area is 221 Å². The van der Waals surface area contributed by atoms with Crippen LogP contribution in [0.1, 0.15) is 41.7 Å². The van der Waals surface area contributed by atoms with Gasteiger partial charge in [0, 0.05) is 29.7 Å². The molecule has 1 amide bonds. The summed E-state index contributed by atoms with van der Waals surface area (Å²) >= 11 is 5.72. The second-order valence-electron chi connectivity index (χ2n) is 8.81. The molecule has 0 atom stereocenters. The van der Waals surface area contributed by atoms with Gasteiger partial charge in [-0.2, -0.15) is 13.2 Å². The first-order valence-corrected chi connectivity index (χ1v) is 11.8. The highest BCUT2D eigenvalue weighted by atomic mass is 35.5. The fraction of sp³-hybridized carbons (Fsp3) is 0.320. The van der Waals surface area contributed by atoms with E-state index in [0.717, 1.165) is 6.07 Å². The average Bonchev–Trinajstić information content (AvgIpc) is 2.83. The molecule has 4 rings (SSSR count). The molecule has 208 valence electrons. The summed E-state index contributed by atoms with van der Waals surface area (Å²) in [5.41, 5.74) is -5.22. The molecule has 39 heavy (non-hydrogen) atoms. The molecule has 0 bridgehead atoms. The number of aromatic amines is 1. The van der Waals surface area contributed by atoms with Crippen LogP contribution in [0.4, 0.5) is 30.7 Å². The summed E-state index contributed by atoms with van der Waals surface area (Å²) in [6.45, 7) is -0.585. The lowest BCUT2D eigenvalue weighted by molar-refractivity contribution is -0.137. The number of ether oxygens (including phenoxy) is 1. The van der Waals surface area contributed by atoms with Gasteiger partial charge in [0.05, 0.1) is 28.9 Å². The van der Waals surface area contributed by atoms with E-state index in [1.54, 1.807) is 6.07 Å². The molecule has 2 aromatic carbocycles. The van der Waals surface area contributed by atoms with Crippen LogP contribution < -0.4 is 10.9 Å². The number of H-pyrrole nitrogens is 1. The van der Waals surface area contributed by atoms with Gasteiger partial charge in [-0.1, -0.05) is 29.8 Å². The molecule has 0 radical (unpaired) electrons. The normalized spacial score (nSPS) is 17.3. The maximum Gasteiger partial charge on any atom is 0.417 e. The Morgan fingerprint density at radius 2 is 1.85 bits per heavy atom. The third-order valence-electron chi connectivity index (χ3n) is 6.17. The van der Waals surface area contributed by atoms with Crippen molar-refractivity contribution in [2.45, 2.75) is 44.7 Å². The summed E-state index contributed by atoms with van der Waals surface area (Å²) in [5.74, 6) is -4.16. The van der Waals surface area contributed by atoms with Gasteiger partial charge in [0.2, 0.25) is 5.91 Å². The summed E-state index contributed by atoms with van der Waals surface area (Å²) in [6, 6.07) is 6.16. The predicted molar refractivity (Wildman–Crippen MR) is 125 cm³/mol. The van der Waals surface area contributed by atoms with Gasteiger partial charge in [-0.15, -0.1) is 0 Å². The average molecular weight is 578 g/mol. The van der Waals surface area contributed by atoms with Crippen molar-refractivity contribution in [2.24, 2.45) is 5.92 Å². The van der Waals surface area contributed by atoms with Crippen LogP contribution in [0, 0.1) is 17.6 Å². The molecule has 1 aliphatic rings. The first-order chi connectivity index (χ1) is 18.3. The molecule has 1 aliphatic carbocycles. The molecule has 2 N–H and O–H groups in total. The largest absolute Gasteiger partial charge is 0.417 e. The lowest BCUT2D eigenvalue weighted by Gasteiger charge is -2.34. The fourth-order valence-corrected chi connectivity index (χ4v) is 4.23. The van der Waals surface area contributed by atoms with Crippen molar-refractivity contribution >= 4 is 17.5 Å². The van der Waals surface area contributed by atoms with Crippen LogP contribution in [0.5, 0.6) is 0 Å². The summed E-state index contributed by atoms with van der Waals surface area (Å²) in [7, 11) is 0. The van der Waals surface area contributed by atoms with E-state index in [4.69, 9.17) is 16.3 Å². The van der Waals surface area contributed by atoms with Crippen molar-refractivity contribution in [1.82, 2.24) is 15.3 Å². The molecule has 1 fully saturated rings. The number of amides is 1. The van der Waals surface area contributed by atoms with Gasteiger partial charge in [0.15, 0.2) is 0 Å². The minimum Gasteiger partial charge on any atom is -0.373 e. The van der Waals surface area contributed by atoms with E-state index >= 15 is 4.39 Å². The maximum absolute atomic E-state index is 15.3. The molecule has 1 aromatic heterocycles. The zero-order valence-corrected chi connectivity index (χ0v) is 20.5. The van der Waals surface area contributed by atoms with Crippen LogP contribution in [0.3, 0.4) is 0 Å². The summed E-state index contributed by atoms with van der Waals surface area (Å²) in [5, 5.41) is 2.37. The number of aromatic nitrogens is 2. The number of rotatable bonds is 8. The summed E-state index contributed by atoms with van der Waals surface area (Å²) in [4.78, 5) is 29.4. The highest BCUT2D eigenvalue weighted by Crippen LogP contribution is 2.39. The van der Waals surface area contributed by atoms with Gasteiger partial charge in [0.25, 0.3) is 12.0 Å². The van der Waals surface area contributed by atoms with Crippen molar-refractivity contribution in [1.29, 1.82) is 0 Å². The monoisotopic (exact) mass is 577 g/mol. The summed E-state index contributed by atoms with van der Waals surface area (Å²) in [6.07, 6.45) is -8.18. The van der Waals surface area contributed by atoms with E-state index < -0.39 is 70.8 Å². The molecule has 0 aliphatic heterocycles. The van der Waals surface area contributed by atoms with E-state index in [0.29, 0.717) is 12.1 Å². The van der Waals surface area contributed by atoms with Crippen molar-refractivity contribution in [2.75, 3.05) is 0 Å².